The second-order valence-electron chi connectivity index (χ2n) is 4.41. The van der Waals surface area contributed by atoms with Crippen LogP contribution in [0.15, 0.2) is 18.3 Å². The molecule has 0 aliphatic heterocycles. The summed E-state index contributed by atoms with van der Waals surface area (Å²) in [6.07, 6.45) is 1.43. The Morgan fingerprint density at radius 3 is 2.80 bits per heavy atom. The van der Waals surface area contributed by atoms with Crippen molar-refractivity contribution in [2.45, 2.75) is 20.8 Å². The van der Waals surface area contributed by atoms with Gasteiger partial charge in [0, 0.05) is 24.2 Å². The van der Waals surface area contributed by atoms with E-state index >= 15 is 0 Å². The van der Waals surface area contributed by atoms with Gasteiger partial charge in [0.05, 0.1) is 17.8 Å². The third kappa shape index (κ3) is 2.57. The first-order valence-corrected chi connectivity index (χ1v) is 6.58. The second kappa shape index (κ2) is 5.86. The highest BCUT2D eigenvalue weighted by Gasteiger charge is 2.17. The molecule has 0 bridgehead atoms. The number of hydrogen-bond acceptors (Lipinski definition) is 4. The Morgan fingerprint density at radius 2 is 2.15 bits per heavy atom. The summed E-state index contributed by atoms with van der Waals surface area (Å²) in [6, 6.07) is 2.79. The topological polar surface area (TPSA) is 51.2 Å². The number of halogens is 1. The number of hydrogen-bond donors (Lipinski definition) is 1. The molecule has 4 nitrogen and oxygen atoms in total. The molecule has 0 fully saturated rings. The molecule has 0 spiro atoms. The summed E-state index contributed by atoms with van der Waals surface area (Å²) in [6.45, 7) is 6.41. The van der Waals surface area contributed by atoms with Gasteiger partial charge in [0.25, 0.3) is 0 Å². The molecule has 1 aromatic carbocycles. The number of carbonyl (C=O) groups excluding carboxylic acids is 1. The lowest BCUT2D eigenvalue weighted by molar-refractivity contribution is 0.0527. The number of ether oxygens (including phenoxy) is 1. The first-order valence-electron chi connectivity index (χ1n) is 6.58. The summed E-state index contributed by atoms with van der Waals surface area (Å²) in [4.78, 5) is 16.2. The average Bonchev–Trinajstić information content (AvgIpc) is 2.38. The van der Waals surface area contributed by atoms with Crippen LogP contribution in [0, 0.1) is 12.7 Å². The molecule has 0 amide bonds. The molecule has 2 aromatic rings. The highest BCUT2D eigenvalue weighted by Crippen LogP contribution is 2.30. The SMILES string of the molecule is CCNc1c(C(=O)OCC)cnc2cc(F)cc(C)c12. The Hall–Kier alpha value is -2.17. The van der Waals surface area contributed by atoms with Crippen LogP contribution in [0.1, 0.15) is 29.8 Å². The Morgan fingerprint density at radius 1 is 1.40 bits per heavy atom. The molecule has 0 aliphatic carbocycles. The number of anilines is 1. The largest absolute Gasteiger partial charge is 0.462 e. The van der Waals surface area contributed by atoms with Crippen LogP contribution in [0.25, 0.3) is 10.9 Å². The number of nitrogens with zero attached hydrogens (tertiary/aromatic N) is 1. The van der Waals surface area contributed by atoms with Crippen LogP contribution < -0.4 is 5.32 Å². The van der Waals surface area contributed by atoms with Crippen molar-refractivity contribution in [3.8, 4) is 0 Å². The van der Waals surface area contributed by atoms with Gasteiger partial charge in [0.1, 0.15) is 11.4 Å². The summed E-state index contributed by atoms with van der Waals surface area (Å²) < 4.78 is 18.5. The van der Waals surface area contributed by atoms with Gasteiger partial charge in [0.2, 0.25) is 0 Å². The highest BCUT2D eigenvalue weighted by atomic mass is 19.1. The van der Waals surface area contributed by atoms with E-state index in [1.807, 2.05) is 6.92 Å². The molecular formula is C15H17FN2O2. The van der Waals surface area contributed by atoms with E-state index < -0.39 is 5.97 Å². The standard InChI is InChI=1S/C15H17FN2O2/c1-4-17-14-11(15(19)20-5-2)8-18-12-7-10(16)6-9(3)13(12)14/h6-8H,4-5H2,1-3H3,(H,17,18). The number of esters is 1. The second-order valence-corrected chi connectivity index (χ2v) is 4.41. The Balaban J connectivity index is 2.71. The lowest BCUT2D eigenvalue weighted by atomic mass is 10.0. The monoisotopic (exact) mass is 276 g/mol. The summed E-state index contributed by atoms with van der Waals surface area (Å²) in [7, 11) is 0. The van der Waals surface area contributed by atoms with Gasteiger partial charge in [-0.1, -0.05) is 0 Å². The lowest BCUT2D eigenvalue weighted by Gasteiger charge is -2.14. The molecule has 0 aliphatic rings. The number of fused-ring (bicyclic) bond motifs is 1. The van der Waals surface area contributed by atoms with Crippen LogP contribution in [-0.2, 0) is 4.74 Å². The van der Waals surface area contributed by atoms with Crippen LogP contribution in [0.2, 0.25) is 0 Å². The van der Waals surface area contributed by atoms with Crippen LogP contribution in [0.3, 0.4) is 0 Å². The first-order chi connectivity index (χ1) is 9.58. The van der Waals surface area contributed by atoms with Crippen molar-refractivity contribution >= 4 is 22.6 Å². The summed E-state index contributed by atoms with van der Waals surface area (Å²) in [5, 5.41) is 3.90. The normalized spacial score (nSPS) is 10.6. The number of carbonyl (C=O) groups is 1. The minimum Gasteiger partial charge on any atom is -0.462 e. The van der Waals surface area contributed by atoms with E-state index in [1.54, 1.807) is 13.8 Å². The van der Waals surface area contributed by atoms with Gasteiger partial charge in [-0.15, -0.1) is 0 Å². The zero-order valence-electron chi connectivity index (χ0n) is 11.8. The van der Waals surface area contributed by atoms with Gasteiger partial charge >= 0.3 is 5.97 Å². The van der Waals surface area contributed by atoms with Crippen molar-refractivity contribution in [3.05, 3.63) is 35.3 Å². The van der Waals surface area contributed by atoms with E-state index in [2.05, 4.69) is 10.3 Å². The van der Waals surface area contributed by atoms with Crippen molar-refractivity contribution in [2.75, 3.05) is 18.5 Å². The van der Waals surface area contributed by atoms with Crippen molar-refractivity contribution in [3.63, 3.8) is 0 Å². The molecule has 1 heterocycles. The van der Waals surface area contributed by atoms with Gasteiger partial charge in [0.15, 0.2) is 0 Å². The molecule has 0 radical (unpaired) electrons. The van der Waals surface area contributed by atoms with Crippen molar-refractivity contribution < 1.29 is 13.9 Å². The molecule has 0 unspecified atom stereocenters. The van der Waals surface area contributed by atoms with E-state index in [0.717, 1.165) is 10.9 Å². The highest BCUT2D eigenvalue weighted by molar-refractivity contribution is 6.06. The minimum absolute atomic E-state index is 0.296. The van der Waals surface area contributed by atoms with Crippen molar-refractivity contribution in [1.82, 2.24) is 4.98 Å². The maximum Gasteiger partial charge on any atom is 0.341 e. The Labute approximate surface area is 117 Å². The first kappa shape index (κ1) is 14.2. The third-order valence-corrected chi connectivity index (χ3v) is 2.98. The third-order valence-electron chi connectivity index (χ3n) is 2.98. The number of benzene rings is 1. The molecule has 20 heavy (non-hydrogen) atoms. The van der Waals surface area contributed by atoms with E-state index in [-0.39, 0.29) is 5.82 Å². The molecule has 1 aromatic heterocycles. The van der Waals surface area contributed by atoms with Crippen molar-refractivity contribution in [2.24, 2.45) is 0 Å². The quantitative estimate of drug-likeness (QED) is 0.871. The van der Waals surface area contributed by atoms with E-state index in [4.69, 9.17) is 4.74 Å². The molecule has 5 heteroatoms. The Bertz CT molecular complexity index is 656. The molecular weight excluding hydrogens is 259 g/mol. The van der Waals surface area contributed by atoms with Crippen LogP contribution in [0.5, 0.6) is 0 Å². The van der Waals surface area contributed by atoms with Crippen LogP contribution >= 0.6 is 0 Å². The zero-order valence-corrected chi connectivity index (χ0v) is 11.8. The number of rotatable bonds is 4. The summed E-state index contributed by atoms with van der Waals surface area (Å²) in [5.74, 6) is -0.768. The van der Waals surface area contributed by atoms with Gasteiger partial charge in [-0.25, -0.2) is 9.18 Å². The molecule has 2 rings (SSSR count). The van der Waals surface area contributed by atoms with E-state index in [9.17, 15) is 9.18 Å². The number of pyridine rings is 1. The molecule has 1 N–H and O–H groups in total. The number of aryl methyl sites for hydroxylation is 1. The van der Waals surface area contributed by atoms with Gasteiger partial charge < -0.3 is 10.1 Å². The average molecular weight is 276 g/mol. The maximum absolute atomic E-state index is 13.4. The van der Waals surface area contributed by atoms with Crippen LogP contribution in [-0.4, -0.2) is 24.1 Å². The smallest absolute Gasteiger partial charge is 0.341 e. The predicted molar refractivity (Wildman–Crippen MR) is 76.6 cm³/mol. The fraction of sp³-hybridized carbons (Fsp3) is 0.333. The van der Waals surface area contributed by atoms with Crippen LogP contribution in [0.4, 0.5) is 10.1 Å². The molecule has 0 atom stereocenters. The molecule has 106 valence electrons. The predicted octanol–water partition coefficient (Wildman–Crippen LogP) is 3.29. The summed E-state index contributed by atoms with van der Waals surface area (Å²) in [5.41, 5.74) is 2.27. The Kier molecular flexibility index (Phi) is 4.17. The van der Waals surface area contributed by atoms with Crippen molar-refractivity contribution in [1.29, 1.82) is 0 Å². The van der Waals surface area contributed by atoms with Gasteiger partial charge in [-0.05, 0) is 32.4 Å². The van der Waals surface area contributed by atoms with E-state index in [0.29, 0.717) is 29.9 Å². The zero-order chi connectivity index (χ0) is 14.7. The van der Waals surface area contributed by atoms with Gasteiger partial charge in [-0.2, -0.15) is 0 Å². The minimum atomic E-state index is -0.429. The fourth-order valence-corrected chi connectivity index (χ4v) is 2.21. The summed E-state index contributed by atoms with van der Waals surface area (Å²) >= 11 is 0. The lowest BCUT2D eigenvalue weighted by Crippen LogP contribution is -2.11. The maximum atomic E-state index is 13.4. The molecule has 0 saturated carbocycles. The van der Waals surface area contributed by atoms with E-state index in [1.165, 1.54) is 18.3 Å². The molecule has 0 saturated heterocycles. The number of nitrogens with one attached hydrogen (secondary N) is 1. The fourth-order valence-electron chi connectivity index (χ4n) is 2.21. The number of aromatic nitrogens is 1. The van der Waals surface area contributed by atoms with Gasteiger partial charge in [-0.3, -0.25) is 4.98 Å².